The van der Waals surface area contributed by atoms with Gasteiger partial charge in [0.2, 0.25) is 0 Å². The third-order valence-electron chi connectivity index (χ3n) is 3.24. The van der Waals surface area contributed by atoms with Gasteiger partial charge in [0.05, 0.1) is 6.33 Å². The summed E-state index contributed by atoms with van der Waals surface area (Å²) in [7, 11) is 0. The summed E-state index contributed by atoms with van der Waals surface area (Å²) in [5.41, 5.74) is 0.415. The molecule has 2 rings (SSSR count). The monoisotopic (exact) mass is 287 g/mol. The molecule has 1 atom stereocenters. The molecule has 0 saturated carbocycles. The number of imidazole rings is 1. The van der Waals surface area contributed by atoms with Crippen LogP contribution in [0.1, 0.15) is 49.4 Å². The molecule has 21 heavy (non-hydrogen) atoms. The molecule has 6 nitrogen and oxygen atoms in total. The Morgan fingerprint density at radius 2 is 2.19 bits per heavy atom. The van der Waals surface area contributed by atoms with E-state index in [1.54, 1.807) is 24.8 Å². The van der Waals surface area contributed by atoms with Gasteiger partial charge in [-0.2, -0.15) is 0 Å². The Labute approximate surface area is 124 Å². The van der Waals surface area contributed by atoms with Gasteiger partial charge < -0.3 is 9.88 Å². The average molecular weight is 287 g/mol. The van der Waals surface area contributed by atoms with Gasteiger partial charge in [-0.05, 0) is 12.5 Å². The molecule has 0 aliphatic heterocycles. The van der Waals surface area contributed by atoms with Crippen molar-refractivity contribution < 1.29 is 4.79 Å². The Balaban J connectivity index is 2.03. The number of hydrogen-bond donors (Lipinski definition) is 1. The fourth-order valence-corrected chi connectivity index (χ4v) is 1.96. The van der Waals surface area contributed by atoms with E-state index in [1.165, 1.54) is 0 Å². The lowest BCUT2D eigenvalue weighted by Crippen LogP contribution is -2.37. The lowest BCUT2D eigenvalue weighted by atomic mass is 10.2. The molecule has 1 N–H and O–H groups in total. The van der Waals surface area contributed by atoms with Crippen LogP contribution in [0.3, 0.4) is 0 Å². The summed E-state index contributed by atoms with van der Waals surface area (Å²) >= 11 is 0. The lowest BCUT2D eigenvalue weighted by Gasteiger charge is -2.17. The van der Waals surface area contributed by atoms with E-state index in [0.29, 0.717) is 18.1 Å². The van der Waals surface area contributed by atoms with E-state index in [9.17, 15) is 4.79 Å². The number of hydrogen-bond acceptors (Lipinski definition) is 4. The van der Waals surface area contributed by atoms with Gasteiger partial charge in [0.1, 0.15) is 11.5 Å². The first-order valence-electron chi connectivity index (χ1n) is 7.19. The number of carbonyl (C=O) groups excluding carboxylic acids is 1. The van der Waals surface area contributed by atoms with E-state index in [4.69, 9.17) is 0 Å². The molecule has 0 spiro atoms. The zero-order chi connectivity index (χ0) is 15.2. The van der Waals surface area contributed by atoms with Gasteiger partial charge in [-0.15, -0.1) is 0 Å². The lowest BCUT2D eigenvalue weighted by molar-refractivity contribution is 0.0926. The molecule has 0 saturated heterocycles. The fraction of sp³-hybridized carbons (Fsp3) is 0.467. The third kappa shape index (κ3) is 4.11. The van der Waals surface area contributed by atoms with Gasteiger partial charge in [-0.25, -0.2) is 15.0 Å². The predicted octanol–water partition coefficient (Wildman–Crippen LogP) is 2.01. The Morgan fingerprint density at radius 3 is 2.81 bits per heavy atom. The minimum Gasteiger partial charge on any atom is -0.346 e. The van der Waals surface area contributed by atoms with Crippen molar-refractivity contribution in [1.82, 2.24) is 24.8 Å². The molecule has 0 fully saturated rings. The van der Waals surface area contributed by atoms with Crippen molar-refractivity contribution in [2.45, 2.75) is 45.7 Å². The molecule has 0 aromatic carbocycles. The second-order valence-corrected chi connectivity index (χ2v) is 5.29. The van der Waals surface area contributed by atoms with E-state index in [0.717, 1.165) is 6.42 Å². The fourth-order valence-electron chi connectivity index (χ4n) is 1.96. The van der Waals surface area contributed by atoms with Crippen LogP contribution >= 0.6 is 0 Å². The van der Waals surface area contributed by atoms with Crippen LogP contribution in [0.5, 0.6) is 0 Å². The van der Waals surface area contributed by atoms with Crippen LogP contribution in [-0.4, -0.2) is 31.5 Å². The predicted molar refractivity (Wildman–Crippen MR) is 79.9 cm³/mol. The standard InChI is InChI=1S/C15H21N5O/c1-4-12(9-20-8-7-16-10-20)18-15(21)13-5-6-17-14(19-13)11(2)3/h5-8,10-12H,4,9H2,1-3H3,(H,18,21). The van der Waals surface area contributed by atoms with Gasteiger partial charge >= 0.3 is 0 Å². The summed E-state index contributed by atoms with van der Waals surface area (Å²) < 4.78 is 1.95. The van der Waals surface area contributed by atoms with Gasteiger partial charge in [-0.1, -0.05) is 20.8 Å². The number of nitrogens with one attached hydrogen (secondary N) is 1. The van der Waals surface area contributed by atoms with Crippen LogP contribution in [0, 0.1) is 0 Å². The van der Waals surface area contributed by atoms with Crippen LogP contribution in [0.4, 0.5) is 0 Å². The second-order valence-electron chi connectivity index (χ2n) is 5.29. The first kappa shape index (κ1) is 15.2. The van der Waals surface area contributed by atoms with Crippen molar-refractivity contribution >= 4 is 5.91 Å². The maximum atomic E-state index is 12.3. The molecule has 0 aliphatic carbocycles. The summed E-state index contributed by atoms with van der Waals surface area (Å²) in [6, 6.07) is 1.69. The SMILES string of the molecule is CCC(Cn1ccnc1)NC(=O)c1ccnc(C(C)C)n1. The quantitative estimate of drug-likeness (QED) is 0.882. The van der Waals surface area contributed by atoms with Crippen LogP contribution in [0.15, 0.2) is 31.0 Å². The molecular weight excluding hydrogens is 266 g/mol. The molecule has 0 aliphatic rings. The van der Waals surface area contributed by atoms with Gasteiger partial charge in [-0.3, -0.25) is 4.79 Å². The summed E-state index contributed by atoms with van der Waals surface area (Å²) in [5, 5.41) is 3.01. The number of amides is 1. The van der Waals surface area contributed by atoms with Crippen molar-refractivity contribution in [1.29, 1.82) is 0 Å². The molecule has 2 aromatic rings. The highest BCUT2D eigenvalue weighted by Crippen LogP contribution is 2.08. The average Bonchev–Trinajstić information content (AvgIpc) is 2.99. The van der Waals surface area contributed by atoms with Crippen LogP contribution in [0.2, 0.25) is 0 Å². The van der Waals surface area contributed by atoms with Crippen molar-refractivity contribution in [3.8, 4) is 0 Å². The number of carbonyl (C=O) groups is 1. The molecule has 1 amide bonds. The highest BCUT2D eigenvalue weighted by molar-refractivity contribution is 5.92. The minimum absolute atomic E-state index is 0.0455. The van der Waals surface area contributed by atoms with Gasteiger partial charge in [0.15, 0.2) is 0 Å². The van der Waals surface area contributed by atoms with Gasteiger partial charge in [0, 0.05) is 37.1 Å². The van der Waals surface area contributed by atoms with Crippen molar-refractivity contribution in [3.05, 3.63) is 42.5 Å². The van der Waals surface area contributed by atoms with Crippen molar-refractivity contribution in [2.24, 2.45) is 0 Å². The minimum atomic E-state index is -0.161. The van der Waals surface area contributed by atoms with Gasteiger partial charge in [0.25, 0.3) is 5.91 Å². The van der Waals surface area contributed by atoms with Crippen LogP contribution in [0.25, 0.3) is 0 Å². The maximum absolute atomic E-state index is 12.3. The van der Waals surface area contributed by atoms with E-state index in [1.807, 2.05) is 31.5 Å². The van der Waals surface area contributed by atoms with E-state index >= 15 is 0 Å². The summed E-state index contributed by atoms with van der Waals surface area (Å²) in [4.78, 5) is 24.8. The number of nitrogens with zero attached hydrogens (tertiary/aromatic N) is 4. The Hall–Kier alpha value is -2.24. The highest BCUT2D eigenvalue weighted by atomic mass is 16.1. The van der Waals surface area contributed by atoms with Crippen molar-refractivity contribution in [2.75, 3.05) is 0 Å². The largest absolute Gasteiger partial charge is 0.346 e. The Morgan fingerprint density at radius 1 is 1.38 bits per heavy atom. The summed E-state index contributed by atoms with van der Waals surface area (Å²) in [6.45, 7) is 6.75. The smallest absolute Gasteiger partial charge is 0.270 e. The maximum Gasteiger partial charge on any atom is 0.270 e. The third-order valence-corrected chi connectivity index (χ3v) is 3.24. The van der Waals surface area contributed by atoms with Crippen molar-refractivity contribution in [3.63, 3.8) is 0 Å². The van der Waals surface area contributed by atoms with Crippen LogP contribution in [-0.2, 0) is 6.54 Å². The molecule has 0 bridgehead atoms. The molecule has 1 unspecified atom stereocenters. The van der Waals surface area contributed by atoms with Crippen LogP contribution < -0.4 is 5.32 Å². The van der Waals surface area contributed by atoms with E-state index in [2.05, 4.69) is 20.3 Å². The highest BCUT2D eigenvalue weighted by Gasteiger charge is 2.15. The zero-order valence-corrected chi connectivity index (χ0v) is 12.7. The topological polar surface area (TPSA) is 72.7 Å². The molecule has 2 heterocycles. The first-order valence-corrected chi connectivity index (χ1v) is 7.19. The molecular formula is C15H21N5O. The molecule has 6 heteroatoms. The number of rotatable bonds is 6. The number of aromatic nitrogens is 4. The summed E-state index contributed by atoms with van der Waals surface area (Å²) in [5.74, 6) is 0.724. The van der Waals surface area contributed by atoms with E-state index < -0.39 is 0 Å². The molecule has 112 valence electrons. The first-order chi connectivity index (χ1) is 10.1. The normalized spacial score (nSPS) is 12.4. The van der Waals surface area contributed by atoms with E-state index in [-0.39, 0.29) is 17.9 Å². The molecule has 2 aromatic heterocycles. The Kier molecular flexibility index (Phi) is 5.03. The second kappa shape index (κ2) is 6.97. The Bertz CT molecular complexity index is 580. The summed E-state index contributed by atoms with van der Waals surface area (Å²) in [6.07, 6.45) is 7.83. The molecule has 0 radical (unpaired) electrons. The zero-order valence-electron chi connectivity index (χ0n) is 12.7.